The van der Waals surface area contributed by atoms with Crippen LogP contribution in [0.25, 0.3) is 11.1 Å². The minimum Gasteiger partial charge on any atom is -0.370 e. The minimum atomic E-state index is -3.01. The Bertz CT molecular complexity index is 1820. The van der Waals surface area contributed by atoms with Crippen molar-refractivity contribution in [2.75, 3.05) is 29.6 Å². The molecule has 6 aromatic carbocycles. The van der Waals surface area contributed by atoms with Gasteiger partial charge in [0.25, 0.3) is 0 Å². The summed E-state index contributed by atoms with van der Waals surface area (Å²) in [5.41, 5.74) is 10.1. The summed E-state index contributed by atoms with van der Waals surface area (Å²) in [6.45, 7) is 9.63. The van der Waals surface area contributed by atoms with Gasteiger partial charge in [-0.2, -0.15) is 0 Å². The number of nitrogens with zero attached hydrogens (tertiary/aromatic N) is 2. The highest BCUT2D eigenvalue weighted by atomic mass is 28.4. The van der Waals surface area contributed by atoms with Gasteiger partial charge in [0.2, 0.25) is 0 Å². The van der Waals surface area contributed by atoms with Crippen LogP contribution in [0.1, 0.15) is 26.3 Å². The first-order chi connectivity index (χ1) is 24.0. The van der Waals surface area contributed by atoms with Crippen LogP contribution in [0.15, 0.2) is 158 Å². The second kappa shape index (κ2) is 15.9. The number of anilines is 6. The van der Waals surface area contributed by atoms with Gasteiger partial charge >= 0.3 is 8.80 Å². The Kier molecular flexibility index (Phi) is 11.0. The Morgan fingerprint density at radius 2 is 0.694 bits per heavy atom. The smallest absolute Gasteiger partial charge is 0.370 e. The highest BCUT2D eigenvalue weighted by molar-refractivity contribution is 6.75. The molecule has 248 valence electrons. The van der Waals surface area contributed by atoms with Crippen molar-refractivity contribution in [3.8, 4) is 11.1 Å². The van der Waals surface area contributed by atoms with Crippen molar-refractivity contribution in [2.45, 2.75) is 27.7 Å². The molecule has 6 rings (SSSR count). The lowest BCUT2D eigenvalue weighted by Gasteiger charge is -2.30. The van der Waals surface area contributed by atoms with Gasteiger partial charge in [-0.15, -0.1) is 0 Å². The molecule has 0 unspecified atom stereocenters. The molecule has 0 aliphatic heterocycles. The average molecular weight is 665 g/mol. The predicted octanol–water partition coefficient (Wildman–Crippen LogP) is 10.9. The number of hydrogen-bond donors (Lipinski definition) is 0. The van der Waals surface area contributed by atoms with Crippen LogP contribution in [-0.2, 0) is 13.3 Å². The van der Waals surface area contributed by atoms with Gasteiger partial charge in [0.05, 0.1) is 0 Å². The molecule has 0 spiro atoms. The molecule has 6 aromatic rings. The molecule has 0 N–H and O–H groups in total. The van der Waals surface area contributed by atoms with E-state index in [1.54, 1.807) is 0 Å². The van der Waals surface area contributed by atoms with Crippen molar-refractivity contribution in [3.63, 3.8) is 0 Å². The summed E-state index contributed by atoms with van der Waals surface area (Å²) < 4.78 is 18.5. The van der Waals surface area contributed by atoms with Crippen molar-refractivity contribution < 1.29 is 13.3 Å². The molecule has 0 atom stereocenters. The zero-order valence-electron chi connectivity index (χ0n) is 28.8. The van der Waals surface area contributed by atoms with Crippen LogP contribution in [0, 0.1) is 6.92 Å². The zero-order valence-corrected chi connectivity index (χ0v) is 29.8. The number of para-hydroxylation sites is 2. The predicted molar refractivity (Wildman–Crippen MR) is 206 cm³/mol. The van der Waals surface area contributed by atoms with Crippen LogP contribution < -0.4 is 15.0 Å². The Morgan fingerprint density at radius 3 is 1.04 bits per heavy atom. The third-order valence-corrected chi connectivity index (χ3v) is 11.4. The van der Waals surface area contributed by atoms with Gasteiger partial charge in [-0.1, -0.05) is 90.5 Å². The van der Waals surface area contributed by atoms with Crippen LogP contribution in [0.4, 0.5) is 34.1 Å². The summed E-state index contributed by atoms with van der Waals surface area (Å²) in [7, 11) is -3.01. The number of rotatable bonds is 14. The summed E-state index contributed by atoms with van der Waals surface area (Å²) in [6.07, 6.45) is 0. The second-order valence-corrected chi connectivity index (χ2v) is 14.2. The molecule has 0 aliphatic carbocycles. The fraction of sp³-hybridized carbons (Fsp3) is 0.163. The van der Waals surface area contributed by atoms with E-state index >= 15 is 0 Å². The normalized spacial score (nSPS) is 11.3. The lowest BCUT2D eigenvalue weighted by molar-refractivity contribution is 0.0859. The monoisotopic (exact) mass is 664 g/mol. The van der Waals surface area contributed by atoms with E-state index in [0.717, 1.165) is 50.4 Å². The molecule has 49 heavy (non-hydrogen) atoms. The summed E-state index contributed by atoms with van der Waals surface area (Å²) >= 11 is 0. The lowest BCUT2D eigenvalue weighted by atomic mass is 10.0. The number of aryl methyl sites for hydroxylation is 1. The second-order valence-electron chi connectivity index (χ2n) is 11.7. The quantitative estimate of drug-likeness (QED) is 0.108. The summed E-state index contributed by atoms with van der Waals surface area (Å²) in [5, 5.41) is 0.961. The number of hydrogen-bond acceptors (Lipinski definition) is 5. The molecule has 5 nitrogen and oxygen atoms in total. The summed E-state index contributed by atoms with van der Waals surface area (Å²) in [6, 6.07) is 55.6. The van der Waals surface area contributed by atoms with E-state index in [9.17, 15) is 0 Å². The molecule has 0 aromatic heterocycles. The lowest BCUT2D eigenvalue weighted by Crippen LogP contribution is -2.56. The fourth-order valence-electron chi connectivity index (χ4n) is 6.11. The van der Waals surface area contributed by atoms with Crippen LogP contribution in [0.2, 0.25) is 0 Å². The van der Waals surface area contributed by atoms with Gasteiger partial charge in [0.15, 0.2) is 0 Å². The van der Waals surface area contributed by atoms with Gasteiger partial charge in [-0.3, -0.25) is 0 Å². The molecular weight excluding hydrogens is 621 g/mol. The zero-order chi connectivity index (χ0) is 34.1. The van der Waals surface area contributed by atoms with Gasteiger partial charge < -0.3 is 23.1 Å². The molecule has 0 saturated carbocycles. The number of benzene rings is 6. The highest BCUT2D eigenvalue weighted by Crippen LogP contribution is 2.38. The Labute approximate surface area is 292 Å². The van der Waals surface area contributed by atoms with E-state index in [0.29, 0.717) is 19.8 Å². The largest absolute Gasteiger partial charge is 0.537 e. The van der Waals surface area contributed by atoms with Gasteiger partial charge in [0.1, 0.15) is 0 Å². The molecule has 0 radical (unpaired) electrons. The Hall–Kier alpha value is -4.98. The molecular formula is C43H44N2O3Si. The molecule has 6 heteroatoms. The van der Waals surface area contributed by atoms with Crippen molar-refractivity contribution in [1.29, 1.82) is 0 Å². The van der Waals surface area contributed by atoms with E-state index in [4.69, 9.17) is 13.3 Å². The van der Waals surface area contributed by atoms with Crippen LogP contribution in [-0.4, -0.2) is 28.6 Å². The van der Waals surface area contributed by atoms with E-state index < -0.39 is 8.80 Å². The maximum atomic E-state index is 6.18. The molecule has 0 saturated heterocycles. The van der Waals surface area contributed by atoms with E-state index in [-0.39, 0.29) is 0 Å². The third-order valence-electron chi connectivity index (χ3n) is 8.39. The maximum absolute atomic E-state index is 6.18. The highest BCUT2D eigenvalue weighted by Gasteiger charge is 2.43. The minimum absolute atomic E-state index is 0.525. The topological polar surface area (TPSA) is 34.2 Å². The third kappa shape index (κ3) is 7.69. The van der Waals surface area contributed by atoms with Gasteiger partial charge in [-0.05, 0) is 112 Å². The first kappa shape index (κ1) is 33.9. The molecule has 0 fully saturated rings. The van der Waals surface area contributed by atoms with Crippen molar-refractivity contribution in [2.24, 2.45) is 0 Å². The van der Waals surface area contributed by atoms with Crippen LogP contribution >= 0.6 is 0 Å². The Morgan fingerprint density at radius 1 is 0.388 bits per heavy atom. The summed E-state index contributed by atoms with van der Waals surface area (Å²) in [5.74, 6) is 0. The van der Waals surface area contributed by atoms with Crippen molar-refractivity contribution in [1.82, 2.24) is 0 Å². The van der Waals surface area contributed by atoms with Gasteiger partial charge in [0, 0.05) is 59.1 Å². The van der Waals surface area contributed by atoms with Crippen molar-refractivity contribution >= 4 is 48.1 Å². The van der Waals surface area contributed by atoms with E-state index in [1.807, 2.05) is 32.9 Å². The SMILES string of the molecule is CCO[Si](OCC)(OCC)c1ccc(N(c2ccc(C)cc2)c2ccc(-c3ccc(N(c4ccccc4)c4ccccc4)cc3)cc2)cc1. The fourth-order valence-corrected chi connectivity index (χ4v) is 8.57. The molecule has 0 bridgehead atoms. The van der Waals surface area contributed by atoms with E-state index in [2.05, 4.69) is 162 Å². The first-order valence-corrected chi connectivity index (χ1v) is 18.8. The summed E-state index contributed by atoms with van der Waals surface area (Å²) in [4.78, 5) is 4.56. The molecule has 0 heterocycles. The Balaban J connectivity index is 1.31. The average Bonchev–Trinajstić information content (AvgIpc) is 3.15. The molecule has 0 amide bonds. The first-order valence-electron chi connectivity index (χ1n) is 17.0. The molecule has 0 aliphatic rings. The van der Waals surface area contributed by atoms with E-state index in [1.165, 1.54) is 5.56 Å². The van der Waals surface area contributed by atoms with Gasteiger partial charge in [-0.25, -0.2) is 0 Å². The van der Waals surface area contributed by atoms with Crippen LogP contribution in [0.3, 0.4) is 0 Å². The standard InChI is InChI=1S/C43H44N2O3Si/c1-5-46-49(47-6-2,48-7-3)43-32-30-42(31-33-43)45(39-24-18-34(4)19-25-39)41-28-22-36(23-29-41)35-20-26-40(27-21-35)44(37-14-10-8-11-15-37)38-16-12-9-13-17-38/h8-33H,5-7H2,1-4H3. The maximum Gasteiger partial charge on any atom is 0.537 e. The van der Waals surface area contributed by atoms with Crippen LogP contribution in [0.5, 0.6) is 0 Å². The van der Waals surface area contributed by atoms with Crippen molar-refractivity contribution in [3.05, 3.63) is 163 Å².